The summed E-state index contributed by atoms with van der Waals surface area (Å²) in [7, 11) is 0. The Bertz CT molecular complexity index is 1190. The molecule has 0 radical (unpaired) electrons. The Morgan fingerprint density at radius 3 is 2.63 bits per heavy atom. The number of aliphatic hydroxyl groups excluding tert-OH is 3. The zero-order valence-electron chi connectivity index (χ0n) is 16.6. The van der Waals surface area contributed by atoms with Crippen molar-refractivity contribution in [1.82, 2.24) is 4.98 Å². The van der Waals surface area contributed by atoms with Gasteiger partial charge in [0.05, 0.1) is 23.8 Å². The zero-order chi connectivity index (χ0) is 21.6. The molecule has 1 aliphatic rings. The van der Waals surface area contributed by atoms with Gasteiger partial charge < -0.3 is 25.0 Å². The summed E-state index contributed by atoms with van der Waals surface area (Å²) in [5.74, 6) is 0.244. The van der Waals surface area contributed by atoms with Crippen LogP contribution in [0.3, 0.4) is 0 Å². The SMILES string of the molecule is CC1(C)c2ccc(OC[C@@H](O)[C@H](O)CO)cc2C(=O)c2c1[nH]c1cc(C#N)ccc21. The third kappa shape index (κ3) is 3.06. The summed E-state index contributed by atoms with van der Waals surface area (Å²) in [6, 6.07) is 12.5. The summed E-state index contributed by atoms with van der Waals surface area (Å²) in [5.41, 5.74) is 3.52. The van der Waals surface area contributed by atoms with Gasteiger partial charge in [-0.2, -0.15) is 5.26 Å². The van der Waals surface area contributed by atoms with E-state index in [0.717, 1.165) is 22.2 Å². The van der Waals surface area contributed by atoms with E-state index >= 15 is 0 Å². The van der Waals surface area contributed by atoms with Gasteiger partial charge in [-0.25, -0.2) is 0 Å². The number of H-pyrrole nitrogens is 1. The molecule has 0 spiro atoms. The van der Waals surface area contributed by atoms with E-state index in [1.165, 1.54) is 0 Å². The molecular formula is C23H22N2O5. The second kappa shape index (κ2) is 7.26. The largest absolute Gasteiger partial charge is 0.491 e. The van der Waals surface area contributed by atoms with Crippen molar-refractivity contribution in [2.75, 3.05) is 13.2 Å². The first-order chi connectivity index (χ1) is 14.3. The number of aromatic nitrogens is 1. The number of nitrogens with zero attached hydrogens (tertiary/aromatic N) is 1. The van der Waals surface area contributed by atoms with E-state index in [0.29, 0.717) is 22.4 Å². The molecule has 0 unspecified atom stereocenters. The van der Waals surface area contributed by atoms with Gasteiger partial charge in [0, 0.05) is 27.6 Å². The van der Waals surface area contributed by atoms with E-state index in [1.807, 2.05) is 19.9 Å². The van der Waals surface area contributed by atoms with E-state index in [-0.39, 0.29) is 12.4 Å². The van der Waals surface area contributed by atoms with Gasteiger partial charge in [-0.1, -0.05) is 26.0 Å². The summed E-state index contributed by atoms with van der Waals surface area (Å²) in [5, 5.41) is 38.1. The lowest BCUT2D eigenvalue weighted by molar-refractivity contribution is -0.0339. The highest BCUT2D eigenvalue weighted by Crippen LogP contribution is 2.44. The molecular weight excluding hydrogens is 384 g/mol. The summed E-state index contributed by atoms with van der Waals surface area (Å²) >= 11 is 0. The molecule has 2 atom stereocenters. The van der Waals surface area contributed by atoms with Gasteiger partial charge in [0.1, 0.15) is 24.6 Å². The monoisotopic (exact) mass is 406 g/mol. The maximum atomic E-state index is 13.4. The molecule has 0 fully saturated rings. The number of carbonyl (C=O) groups is 1. The number of fused-ring (bicyclic) bond motifs is 4. The van der Waals surface area contributed by atoms with Gasteiger partial charge in [-0.15, -0.1) is 0 Å². The van der Waals surface area contributed by atoms with Crippen molar-refractivity contribution in [3.8, 4) is 11.8 Å². The molecule has 0 amide bonds. The molecule has 0 saturated carbocycles. The number of rotatable bonds is 5. The van der Waals surface area contributed by atoms with E-state index in [9.17, 15) is 20.3 Å². The average Bonchev–Trinajstić information content (AvgIpc) is 3.15. The molecule has 7 nitrogen and oxygen atoms in total. The molecule has 0 aliphatic heterocycles. The highest BCUT2D eigenvalue weighted by molar-refractivity contribution is 6.20. The molecule has 1 heterocycles. The first-order valence-electron chi connectivity index (χ1n) is 9.63. The number of nitriles is 1. The third-order valence-electron chi connectivity index (χ3n) is 5.74. The van der Waals surface area contributed by atoms with E-state index in [2.05, 4.69) is 11.1 Å². The third-order valence-corrected chi connectivity index (χ3v) is 5.74. The van der Waals surface area contributed by atoms with Gasteiger partial charge >= 0.3 is 0 Å². The van der Waals surface area contributed by atoms with Crippen molar-refractivity contribution < 1.29 is 24.9 Å². The fourth-order valence-electron chi connectivity index (χ4n) is 4.00. The van der Waals surface area contributed by atoms with E-state index < -0.39 is 24.2 Å². The van der Waals surface area contributed by atoms with Gasteiger partial charge in [-0.3, -0.25) is 4.79 Å². The minimum absolute atomic E-state index is 0.142. The molecule has 4 N–H and O–H groups in total. The van der Waals surface area contributed by atoms with E-state index in [1.54, 1.807) is 30.3 Å². The second-order valence-corrected chi connectivity index (χ2v) is 8.04. The Morgan fingerprint density at radius 1 is 1.17 bits per heavy atom. The van der Waals surface area contributed by atoms with Crippen LogP contribution >= 0.6 is 0 Å². The first kappa shape index (κ1) is 20.1. The predicted molar refractivity (Wildman–Crippen MR) is 110 cm³/mol. The maximum absolute atomic E-state index is 13.4. The van der Waals surface area contributed by atoms with Crippen molar-refractivity contribution in [3.05, 3.63) is 64.3 Å². The molecule has 30 heavy (non-hydrogen) atoms. The first-order valence-corrected chi connectivity index (χ1v) is 9.63. The smallest absolute Gasteiger partial charge is 0.195 e. The summed E-state index contributed by atoms with van der Waals surface area (Å²) in [4.78, 5) is 16.7. The van der Waals surface area contributed by atoms with Crippen LogP contribution in [0.15, 0.2) is 36.4 Å². The van der Waals surface area contributed by atoms with Crippen molar-refractivity contribution in [2.24, 2.45) is 0 Å². The zero-order valence-corrected chi connectivity index (χ0v) is 16.6. The number of ketones is 1. The van der Waals surface area contributed by atoms with Gasteiger partial charge in [0.15, 0.2) is 5.78 Å². The number of ether oxygens (including phenoxy) is 1. The average molecular weight is 406 g/mol. The number of benzene rings is 2. The predicted octanol–water partition coefficient (Wildman–Crippen LogP) is 2.00. The lowest BCUT2D eigenvalue weighted by atomic mass is 9.71. The van der Waals surface area contributed by atoms with Crippen molar-refractivity contribution in [1.29, 1.82) is 5.26 Å². The number of carbonyl (C=O) groups excluding carboxylic acids is 1. The fraction of sp³-hybridized carbons (Fsp3) is 0.304. The molecule has 154 valence electrons. The van der Waals surface area contributed by atoms with Gasteiger partial charge in [0.2, 0.25) is 0 Å². The van der Waals surface area contributed by atoms with Crippen LogP contribution in [0.25, 0.3) is 10.9 Å². The normalized spacial score (nSPS) is 16.5. The molecule has 7 heteroatoms. The summed E-state index contributed by atoms with van der Waals surface area (Å²) in [6.45, 7) is 3.27. The molecule has 1 aliphatic carbocycles. The second-order valence-electron chi connectivity index (χ2n) is 8.04. The highest BCUT2D eigenvalue weighted by atomic mass is 16.5. The Balaban J connectivity index is 1.75. The van der Waals surface area contributed by atoms with Crippen LogP contribution < -0.4 is 4.74 Å². The van der Waals surface area contributed by atoms with Crippen molar-refractivity contribution >= 4 is 16.7 Å². The summed E-state index contributed by atoms with van der Waals surface area (Å²) in [6.07, 6.45) is -2.54. The fourth-order valence-corrected chi connectivity index (χ4v) is 4.00. The van der Waals surface area contributed by atoms with Crippen LogP contribution in [-0.4, -0.2) is 51.5 Å². The number of aliphatic hydroxyl groups is 3. The van der Waals surface area contributed by atoms with Crippen LogP contribution in [0.2, 0.25) is 0 Å². The number of aromatic amines is 1. The standard InChI is InChI=1S/C23H22N2O5/c1-23(2)16-6-4-13(30-11-19(28)18(27)10-26)8-15(16)21(29)20-14-5-3-12(9-24)7-17(14)25-22(20)23/h3-8,18-19,25-28H,10-11H2,1-2H3/t18-,19-/m1/s1. The van der Waals surface area contributed by atoms with Crippen LogP contribution in [0.1, 0.15) is 46.6 Å². The van der Waals surface area contributed by atoms with Gasteiger partial charge in [0.25, 0.3) is 0 Å². The molecule has 1 aromatic heterocycles. The van der Waals surface area contributed by atoms with Crippen LogP contribution in [0.5, 0.6) is 5.75 Å². The number of hydrogen-bond donors (Lipinski definition) is 4. The minimum atomic E-state index is -1.30. The molecule has 0 saturated heterocycles. The Morgan fingerprint density at radius 2 is 1.93 bits per heavy atom. The Hall–Kier alpha value is -3.18. The topological polar surface area (TPSA) is 127 Å². The van der Waals surface area contributed by atoms with Crippen LogP contribution in [-0.2, 0) is 5.41 Å². The highest BCUT2D eigenvalue weighted by Gasteiger charge is 2.39. The molecule has 0 bridgehead atoms. The lowest BCUT2D eigenvalue weighted by Gasteiger charge is -2.32. The van der Waals surface area contributed by atoms with Crippen LogP contribution in [0, 0.1) is 11.3 Å². The van der Waals surface area contributed by atoms with Crippen molar-refractivity contribution in [3.63, 3.8) is 0 Å². The molecule has 2 aromatic carbocycles. The minimum Gasteiger partial charge on any atom is -0.491 e. The van der Waals surface area contributed by atoms with E-state index in [4.69, 9.17) is 9.84 Å². The Labute approximate surface area is 173 Å². The summed E-state index contributed by atoms with van der Waals surface area (Å²) < 4.78 is 5.54. The quantitative estimate of drug-likeness (QED) is 0.513. The van der Waals surface area contributed by atoms with Crippen LogP contribution in [0.4, 0.5) is 0 Å². The molecule has 3 aromatic rings. The van der Waals surface area contributed by atoms with Gasteiger partial charge in [-0.05, 0) is 29.8 Å². The maximum Gasteiger partial charge on any atom is 0.195 e. The van der Waals surface area contributed by atoms with Crippen molar-refractivity contribution in [2.45, 2.75) is 31.5 Å². The lowest BCUT2D eigenvalue weighted by Crippen LogP contribution is -2.34. The Kier molecular flexibility index (Phi) is 4.86. The number of nitrogens with one attached hydrogen (secondary N) is 1. The number of hydrogen-bond acceptors (Lipinski definition) is 6. The molecule has 4 rings (SSSR count).